The first kappa shape index (κ1) is 18.4. The van der Waals surface area contributed by atoms with Crippen LogP contribution in [0.4, 0.5) is 0 Å². The zero-order valence-electron chi connectivity index (χ0n) is 15.7. The molecule has 0 aliphatic carbocycles. The number of rotatable bonds is 3. The van der Waals surface area contributed by atoms with Crippen molar-refractivity contribution < 1.29 is 23.7 Å². The lowest BCUT2D eigenvalue weighted by Crippen LogP contribution is -2.78. The van der Waals surface area contributed by atoms with Gasteiger partial charge in [-0.05, 0) is 19.9 Å². The van der Waals surface area contributed by atoms with E-state index >= 15 is 0 Å². The van der Waals surface area contributed by atoms with Crippen LogP contribution in [-0.4, -0.2) is 77.6 Å². The summed E-state index contributed by atoms with van der Waals surface area (Å²) in [6.07, 6.45) is 3.42. The Morgan fingerprint density at radius 2 is 2.14 bits per heavy atom. The van der Waals surface area contributed by atoms with Gasteiger partial charge >= 0.3 is 6.41 Å². The van der Waals surface area contributed by atoms with Gasteiger partial charge in [-0.3, -0.25) is 0 Å². The Morgan fingerprint density at radius 3 is 2.96 bits per heavy atom. The van der Waals surface area contributed by atoms with Crippen LogP contribution in [0.3, 0.4) is 0 Å². The molecule has 5 heterocycles. The van der Waals surface area contributed by atoms with Gasteiger partial charge in [0, 0.05) is 0 Å². The first-order valence-corrected chi connectivity index (χ1v) is 9.67. The molecule has 0 bridgehead atoms. The molecule has 5 atom stereocenters. The minimum absolute atomic E-state index is 0.0545. The topological polar surface area (TPSA) is 84.7 Å². The summed E-state index contributed by atoms with van der Waals surface area (Å²) in [6, 6.07) is 1.45. The molecule has 9 nitrogen and oxygen atoms in total. The fourth-order valence-corrected chi connectivity index (χ4v) is 5.11. The third kappa shape index (κ3) is 2.47. The van der Waals surface area contributed by atoms with Gasteiger partial charge in [-0.1, -0.05) is 11.6 Å². The minimum Gasteiger partial charge on any atom is -0.366 e. The highest BCUT2D eigenvalue weighted by Crippen LogP contribution is 2.39. The number of ether oxygens (including phenoxy) is 4. The van der Waals surface area contributed by atoms with Crippen LogP contribution in [0.2, 0.25) is 5.15 Å². The zero-order chi connectivity index (χ0) is 19.5. The lowest BCUT2D eigenvalue weighted by Gasteiger charge is -2.51. The second kappa shape index (κ2) is 6.45. The Labute approximate surface area is 166 Å². The van der Waals surface area contributed by atoms with Crippen molar-refractivity contribution in [3.05, 3.63) is 23.7 Å². The van der Waals surface area contributed by atoms with Crippen molar-refractivity contribution in [1.29, 1.82) is 0 Å². The van der Waals surface area contributed by atoms with E-state index < -0.39 is 5.60 Å². The molecule has 2 aromatic rings. The first-order valence-electron chi connectivity index (χ1n) is 9.29. The Morgan fingerprint density at radius 1 is 1.29 bits per heavy atom. The van der Waals surface area contributed by atoms with Crippen LogP contribution in [0, 0.1) is 0 Å². The predicted molar refractivity (Wildman–Crippen MR) is 99.2 cm³/mol. The summed E-state index contributed by atoms with van der Waals surface area (Å²) in [6.45, 7) is 5.47. The van der Waals surface area contributed by atoms with Crippen LogP contribution < -0.4 is 4.59 Å². The average Bonchev–Trinajstić information content (AvgIpc) is 3.37. The summed E-state index contributed by atoms with van der Waals surface area (Å²) in [5, 5.41) is 1.04. The summed E-state index contributed by atoms with van der Waals surface area (Å²) >= 11 is 6.24. The normalized spacial score (nSPS) is 37.2. The van der Waals surface area contributed by atoms with Gasteiger partial charge in [0.15, 0.2) is 11.7 Å². The molecular formula is C18H22ClN4O5+. The Bertz CT molecular complexity index is 921. The molecule has 0 radical (unpaired) electrons. The van der Waals surface area contributed by atoms with E-state index in [1.165, 1.54) is 6.33 Å². The summed E-state index contributed by atoms with van der Waals surface area (Å²) in [4.78, 5) is 21.2. The number of quaternary nitrogens is 1. The molecule has 2 aromatic heterocycles. The number of carbonyl (C=O) groups excluding carboxylic acids is 1. The zero-order valence-corrected chi connectivity index (χ0v) is 16.4. The second-order valence-electron chi connectivity index (χ2n) is 7.93. The molecular weight excluding hydrogens is 388 g/mol. The van der Waals surface area contributed by atoms with E-state index in [0.29, 0.717) is 35.9 Å². The van der Waals surface area contributed by atoms with Crippen LogP contribution in [-0.2, 0) is 23.7 Å². The van der Waals surface area contributed by atoms with Gasteiger partial charge < -0.3 is 18.9 Å². The Balaban J connectivity index is 1.68. The molecule has 3 saturated heterocycles. The number of carbonyl (C=O) groups is 1. The van der Waals surface area contributed by atoms with E-state index in [1.807, 2.05) is 30.8 Å². The van der Waals surface area contributed by atoms with E-state index in [2.05, 4.69) is 9.97 Å². The monoisotopic (exact) mass is 409 g/mol. The molecule has 3 fully saturated rings. The van der Waals surface area contributed by atoms with Gasteiger partial charge in [0.25, 0.3) is 0 Å². The lowest BCUT2D eigenvalue weighted by molar-refractivity contribution is -0.197. The van der Waals surface area contributed by atoms with Crippen molar-refractivity contribution >= 4 is 29.0 Å². The van der Waals surface area contributed by atoms with Crippen molar-refractivity contribution in [2.24, 2.45) is 0 Å². The van der Waals surface area contributed by atoms with Crippen molar-refractivity contribution in [1.82, 2.24) is 19.2 Å². The standard InChI is InChI=1S/C18H22ClN4O5/c1-18(2)15(14-13-12(7-25-14)26-10-27-13)23(9-24,5-6-28-18)22-4-3-11-16(19)20-8-21-17(11)22/h3-4,8-9,12-15H,5-7,10H2,1-2H3/q+1/t12-,13-,14-,15?,23+/m1/s1. The third-order valence-electron chi connectivity index (χ3n) is 6.11. The number of hydrogen-bond donors (Lipinski definition) is 0. The molecule has 10 heteroatoms. The molecule has 0 aromatic carbocycles. The third-order valence-corrected chi connectivity index (χ3v) is 6.41. The predicted octanol–water partition coefficient (Wildman–Crippen LogP) is 0.998. The summed E-state index contributed by atoms with van der Waals surface area (Å²) in [5.74, 6) is 0. The molecule has 3 aliphatic heterocycles. The van der Waals surface area contributed by atoms with Crippen molar-refractivity contribution in [3.63, 3.8) is 0 Å². The summed E-state index contributed by atoms with van der Waals surface area (Å²) < 4.78 is 25.4. The van der Waals surface area contributed by atoms with Crippen LogP contribution in [0.1, 0.15) is 13.8 Å². The first-order chi connectivity index (χ1) is 13.5. The maximum atomic E-state index is 12.7. The van der Waals surface area contributed by atoms with Crippen LogP contribution in [0.25, 0.3) is 11.0 Å². The maximum absolute atomic E-state index is 12.7. The lowest BCUT2D eigenvalue weighted by atomic mass is 9.87. The molecule has 150 valence electrons. The van der Waals surface area contributed by atoms with Gasteiger partial charge in [0.2, 0.25) is 0 Å². The quantitative estimate of drug-likeness (QED) is 0.424. The fraction of sp³-hybridized carbons (Fsp3) is 0.611. The Hall–Kier alpha value is -1.62. The molecule has 5 rings (SSSR count). The van der Waals surface area contributed by atoms with Crippen LogP contribution in [0.15, 0.2) is 18.6 Å². The second-order valence-corrected chi connectivity index (χ2v) is 8.28. The SMILES string of the molecule is CC1(C)OCC[N@@+](C=O)(n2ccc3c(Cl)ncnc32)C1[C@@H]1OC[C@H]2OCO[C@H]21. The van der Waals surface area contributed by atoms with Crippen LogP contribution in [0.5, 0.6) is 0 Å². The Kier molecular flexibility index (Phi) is 4.24. The van der Waals surface area contributed by atoms with Gasteiger partial charge in [0.05, 0.1) is 24.8 Å². The number of nitrogens with zero attached hydrogens (tertiary/aromatic N) is 4. The van der Waals surface area contributed by atoms with E-state index in [-0.39, 0.29) is 35.7 Å². The van der Waals surface area contributed by atoms with Gasteiger partial charge in [-0.2, -0.15) is 4.68 Å². The number of hydrogen-bond acceptors (Lipinski definition) is 7. The molecule has 0 saturated carbocycles. The molecule has 3 aliphatic rings. The number of aromatic nitrogens is 3. The maximum Gasteiger partial charge on any atom is 0.326 e. The van der Waals surface area contributed by atoms with E-state index in [9.17, 15) is 4.79 Å². The minimum atomic E-state index is -0.655. The molecule has 28 heavy (non-hydrogen) atoms. The molecule has 1 unspecified atom stereocenters. The smallest absolute Gasteiger partial charge is 0.326 e. The molecule has 1 amide bonds. The number of fused-ring (bicyclic) bond motifs is 2. The van der Waals surface area contributed by atoms with Gasteiger partial charge in [0.1, 0.15) is 48.7 Å². The number of amides is 1. The van der Waals surface area contributed by atoms with Crippen LogP contribution >= 0.6 is 11.6 Å². The summed E-state index contributed by atoms with van der Waals surface area (Å²) in [7, 11) is 0. The highest BCUT2D eigenvalue weighted by molar-refractivity contribution is 6.33. The highest BCUT2D eigenvalue weighted by atomic mass is 35.5. The van der Waals surface area contributed by atoms with Crippen molar-refractivity contribution in [2.45, 2.75) is 43.8 Å². The molecule has 0 spiro atoms. The fourth-order valence-electron chi connectivity index (χ4n) is 4.91. The number of morpholine rings is 1. The van der Waals surface area contributed by atoms with Crippen molar-refractivity contribution in [3.8, 4) is 0 Å². The van der Waals surface area contributed by atoms with E-state index in [0.717, 1.165) is 6.41 Å². The van der Waals surface area contributed by atoms with Gasteiger partial charge in [-0.25, -0.2) is 14.8 Å². The molecule has 0 N–H and O–H groups in total. The van der Waals surface area contributed by atoms with E-state index in [4.69, 9.17) is 30.5 Å². The largest absolute Gasteiger partial charge is 0.366 e. The highest BCUT2D eigenvalue weighted by Gasteiger charge is 2.63. The van der Waals surface area contributed by atoms with Gasteiger partial charge in [-0.15, -0.1) is 4.59 Å². The van der Waals surface area contributed by atoms with Crippen molar-refractivity contribution in [2.75, 3.05) is 26.6 Å². The van der Waals surface area contributed by atoms with E-state index in [1.54, 1.807) is 0 Å². The average molecular weight is 410 g/mol. The summed E-state index contributed by atoms with van der Waals surface area (Å²) in [5.41, 5.74) is -0.0640. The number of halogens is 1.